The van der Waals surface area contributed by atoms with Crippen LogP contribution in [0.1, 0.15) is 22.3 Å². The van der Waals surface area contributed by atoms with Crippen molar-refractivity contribution < 1.29 is 27.8 Å². The van der Waals surface area contributed by atoms with Crippen molar-refractivity contribution >= 4 is 5.91 Å². The number of nitrogens with one attached hydrogen (secondary N) is 1. The first-order chi connectivity index (χ1) is 11.4. The second-order valence-electron chi connectivity index (χ2n) is 4.84. The normalized spacial score (nSPS) is 11.2. The first-order valence-corrected chi connectivity index (χ1v) is 7.10. The zero-order chi connectivity index (χ0) is 17.6. The highest BCUT2D eigenvalue weighted by atomic mass is 19.4. The van der Waals surface area contributed by atoms with Crippen LogP contribution in [0.15, 0.2) is 42.6 Å². The van der Waals surface area contributed by atoms with E-state index in [9.17, 15) is 18.0 Å². The summed E-state index contributed by atoms with van der Waals surface area (Å²) in [6.45, 7) is 0.357. The van der Waals surface area contributed by atoms with Gasteiger partial charge in [0.1, 0.15) is 5.75 Å². The predicted octanol–water partition coefficient (Wildman–Crippen LogP) is 3.00. The van der Waals surface area contributed by atoms with E-state index >= 15 is 0 Å². The summed E-state index contributed by atoms with van der Waals surface area (Å²) in [5.74, 6) is 0.0694. The number of hydrogen-bond donors (Lipinski definition) is 2. The van der Waals surface area contributed by atoms with E-state index in [1.54, 1.807) is 0 Å². The summed E-state index contributed by atoms with van der Waals surface area (Å²) in [5.41, 5.74) is -0.453. The minimum Gasteiger partial charge on any atom is -0.439 e. The van der Waals surface area contributed by atoms with Crippen LogP contribution in [0.25, 0.3) is 0 Å². The monoisotopic (exact) mass is 340 g/mol. The Bertz CT molecular complexity index is 670. The molecule has 24 heavy (non-hydrogen) atoms. The van der Waals surface area contributed by atoms with Crippen LogP contribution in [0.4, 0.5) is 13.2 Å². The van der Waals surface area contributed by atoms with E-state index in [-0.39, 0.29) is 18.4 Å². The Balaban J connectivity index is 1.97. The van der Waals surface area contributed by atoms with Crippen LogP contribution in [-0.2, 0) is 6.18 Å². The quantitative estimate of drug-likeness (QED) is 0.793. The molecule has 0 radical (unpaired) electrons. The summed E-state index contributed by atoms with van der Waals surface area (Å²) >= 11 is 0. The Morgan fingerprint density at radius 2 is 1.88 bits per heavy atom. The number of nitrogens with zero attached hydrogens (tertiary/aromatic N) is 1. The highest BCUT2D eigenvalue weighted by Crippen LogP contribution is 2.30. The number of aliphatic hydroxyl groups excluding tert-OH is 1. The molecule has 128 valence electrons. The van der Waals surface area contributed by atoms with Gasteiger partial charge in [-0.15, -0.1) is 0 Å². The minimum absolute atomic E-state index is 0.00676. The number of pyridine rings is 1. The van der Waals surface area contributed by atoms with Gasteiger partial charge in [0.15, 0.2) is 0 Å². The molecule has 1 amide bonds. The van der Waals surface area contributed by atoms with E-state index in [0.717, 1.165) is 12.1 Å². The highest BCUT2D eigenvalue weighted by molar-refractivity contribution is 5.94. The number of aromatic nitrogens is 1. The standard InChI is InChI=1S/C16H15F3N2O3/c17-16(18,19)12-4-7-14(21-10-12)24-13-5-2-11(3-6-13)15(23)20-8-1-9-22/h2-7,10,22H,1,8-9H2,(H,20,23). The maximum Gasteiger partial charge on any atom is 0.417 e. The Labute approximate surface area is 136 Å². The van der Waals surface area contributed by atoms with Crippen molar-refractivity contribution in [3.8, 4) is 11.6 Å². The van der Waals surface area contributed by atoms with Gasteiger partial charge in [-0.25, -0.2) is 4.98 Å². The molecule has 2 aromatic rings. The smallest absolute Gasteiger partial charge is 0.417 e. The van der Waals surface area contributed by atoms with Crippen molar-refractivity contribution in [1.82, 2.24) is 10.3 Å². The summed E-state index contributed by atoms with van der Waals surface area (Å²) in [6.07, 6.45) is -3.29. The lowest BCUT2D eigenvalue weighted by atomic mass is 10.2. The molecule has 0 saturated heterocycles. The second kappa shape index (κ2) is 7.78. The van der Waals surface area contributed by atoms with E-state index in [1.807, 2.05) is 0 Å². The third kappa shape index (κ3) is 4.95. The third-order valence-corrected chi connectivity index (χ3v) is 3.02. The van der Waals surface area contributed by atoms with Gasteiger partial charge in [-0.1, -0.05) is 0 Å². The Hall–Kier alpha value is -2.61. The molecular weight excluding hydrogens is 325 g/mol. The summed E-state index contributed by atoms with van der Waals surface area (Å²) in [4.78, 5) is 15.4. The minimum atomic E-state index is -4.45. The molecule has 0 unspecified atom stereocenters. The third-order valence-electron chi connectivity index (χ3n) is 3.02. The second-order valence-corrected chi connectivity index (χ2v) is 4.84. The largest absolute Gasteiger partial charge is 0.439 e. The molecule has 0 spiro atoms. The number of alkyl halides is 3. The number of carbonyl (C=O) groups is 1. The number of aliphatic hydroxyl groups is 1. The average molecular weight is 340 g/mol. The van der Waals surface area contributed by atoms with E-state index in [0.29, 0.717) is 30.5 Å². The summed E-state index contributed by atoms with van der Waals surface area (Å²) < 4.78 is 42.7. The van der Waals surface area contributed by atoms with Crippen LogP contribution in [-0.4, -0.2) is 29.1 Å². The Kier molecular flexibility index (Phi) is 5.75. The van der Waals surface area contributed by atoms with Crippen LogP contribution in [0.3, 0.4) is 0 Å². The molecule has 0 aliphatic rings. The van der Waals surface area contributed by atoms with Gasteiger partial charge in [-0.05, 0) is 36.8 Å². The van der Waals surface area contributed by atoms with Gasteiger partial charge < -0.3 is 15.2 Å². The molecule has 1 heterocycles. The molecule has 2 N–H and O–H groups in total. The average Bonchev–Trinajstić information content (AvgIpc) is 2.55. The van der Waals surface area contributed by atoms with Crippen molar-refractivity contribution in [2.24, 2.45) is 0 Å². The lowest BCUT2D eigenvalue weighted by Gasteiger charge is -2.08. The molecule has 8 heteroatoms. The van der Waals surface area contributed by atoms with E-state index in [2.05, 4.69) is 10.3 Å². The number of amides is 1. The number of halogens is 3. The number of carbonyl (C=O) groups excluding carboxylic acids is 1. The van der Waals surface area contributed by atoms with Crippen molar-refractivity contribution in [1.29, 1.82) is 0 Å². The van der Waals surface area contributed by atoms with Crippen molar-refractivity contribution in [2.45, 2.75) is 12.6 Å². The van der Waals surface area contributed by atoms with Gasteiger partial charge in [-0.2, -0.15) is 13.2 Å². The maximum atomic E-state index is 12.4. The SMILES string of the molecule is O=C(NCCCO)c1ccc(Oc2ccc(C(F)(F)F)cn2)cc1. The van der Waals surface area contributed by atoms with Gasteiger partial charge >= 0.3 is 6.18 Å². The van der Waals surface area contributed by atoms with Crippen LogP contribution in [0, 0.1) is 0 Å². The Morgan fingerprint density at radius 3 is 2.42 bits per heavy atom. The van der Waals surface area contributed by atoms with Crippen LogP contribution < -0.4 is 10.1 Å². The molecule has 0 aliphatic carbocycles. The predicted molar refractivity (Wildman–Crippen MR) is 79.8 cm³/mol. The van der Waals surface area contributed by atoms with Crippen molar-refractivity contribution in [3.05, 3.63) is 53.7 Å². The van der Waals surface area contributed by atoms with Crippen molar-refractivity contribution in [3.63, 3.8) is 0 Å². The fraction of sp³-hybridized carbons (Fsp3) is 0.250. The van der Waals surface area contributed by atoms with E-state index in [1.165, 1.54) is 24.3 Å². The lowest BCUT2D eigenvalue weighted by molar-refractivity contribution is -0.137. The fourth-order valence-corrected chi connectivity index (χ4v) is 1.79. The molecule has 0 aliphatic heterocycles. The molecule has 0 bridgehead atoms. The zero-order valence-electron chi connectivity index (χ0n) is 12.5. The molecule has 2 rings (SSSR count). The van der Waals surface area contributed by atoms with Gasteiger partial charge in [0.2, 0.25) is 5.88 Å². The molecule has 0 atom stereocenters. The topological polar surface area (TPSA) is 71.5 Å². The fourth-order valence-electron chi connectivity index (χ4n) is 1.79. The first-order valence-electron chi connectivity index (χ1n) is 7.10. The number of hydrogen-bond acceptors (Lipinski definition) is 4. The molecule has 1 aromatic carbocycles. The summed E-state index contributed by atoms with van der Waals surface area (Å²) in [6, 6.07) is 8.08. The number of rotatable bonds is 6. The van der Waals surface area contributed by atoms with Gasteiger partial charge in [-0.3, -0.25) is 4.79 Å². The lowest BCUT2D eigenvalue weighted by Crippen LogP contribution is -2.24. The summed E-state index contributed by atoms with van der Waals surface area (Å²) in [7, 11) is 0. The van der Waals surface area contributed by atoms with E-state index in [4.69, 9.17) is 9.84 Å². The molecule has 0 saturated carbocycles. The zero-order valence-corrected chi connectivity index (χ0v) is 12.5. The molecule has 5 nitrogen and oxygen atoms in total. The molecule has 0 fully saturated rings. The number of benzene rings is 1. The van der Waals surface area contributed by atoms with Crippen LogP contribution >= 0.6 is 0 Å². The highest BCUT2D eigenvalue weighted by Gasteiger charge is 2.30. The Morgan fingerprint density at radius 1 is 1.17 bits per heavy atom. The van der Waals surface area contributed by atoms with Gasteiger partial charge in [0, 0.05) is 31.0 Å². The van der Waals surface area contributed by atoms with E-state index < -0.39 is 11.7 Å². The van der Waals surface area contributed by atoms with Gasteiger partial charge in [0.05, 0.1) is 5.56 Å². The molecular formula is C16H15F3N2O3. The van der Waals surface area contributed by atoms with Crippen LogP contribution in [0.2, 0.25) is 0 Å². The maximum absolute atomic E-state index is 12.4. The van der Waals surface area contributed by atoms with Crippen LogP contribution in [0.5, 0.6) is 11.6 Å². The summed E-state index contributed by atoms with van der Waals surface area (Å²) in [5, 5.41) is 11.3. The molecule has 1 aromatic heterocycles. The van der Waals surface area contributed by atoms with Crippen molar-refractivity contribution in [2.75, 3.05) is 13.2 Å². The first kappa shape index (κ1) is 17.7. The van der Waals surface area contributed by atoms with Gasteiger partial charge in [0.25, 0.3) is 5.91 Å². The number of ether oxygens (including phenoxy) is 1.